The smallest absolute Gasteiger partial charge is 0.257 e. The highest BCUT2D eigenvalue weighted by Crippen LogP contribution is 2.75. The number of hydrogen-bond acceptors (Lipinski definition) is 4. The molecule has 1 heterocycles. The Bertz CT molecular complexity index is 1110. The zero-order valence-electron chi connectivity index (χ0n) is 15.6. The van der Waals surface area contributed by atoms with Crippen LogP contribution in [0.15, 0.2) is 91.0 Å². The average molecular weight is 398 g/mol. The Labute approximate surface area is 173 Å². The van der Waals surface area contributed by atoms with E-state index in [1.54, 1.807) is 24.3 Å². The minimum Gasteiger partial charge on any atom is -0.293 e. The second kappa shape index (κ2) is 6.53. The maximum atomic E-state index is 13.8. The molecule has 142 valence electrons. The minimum atomic E-state index is -1.36. The maximum Gasteiger partial charge on any atom is 0.257 e. The first-order valence-electron chi connectivity index (χ1n) is 9.59. The van der Waals surface area contributed by atoms with Crippen LogP contribution in [0.5, 0.6) is 0 Å². The fourth-order valence-electron chi connectivity index (χ4n) is 4.98. The molecule has 29 heavy (non-hydrogen) atoms. The SMILES string of the molecule is O=C1S[C@]2(c3ccccc3)[C@@H](c3ccccc3)C[C@@]2(C(=O)c2ccccc2)C1=O. The number of carbonyl (C=O) groups excluding carboxylic acids is 3. The maximum absolute atomic E-state index is 13.8. The predicted molar refractivity (Wildman–Crippen MR) is 113 cm³/mol. The summed E-state index contributed by atoms with van der Waals surface area (Å²) in [6, 6.07) is 28.3. The van der Waals surface area contributed by atoms with Crippen LogP contribution in [-0.2, 0) is 14.3 Å². The first-order valence-corrected chi connectivity index (χ1v) is 10.4. The van der Waals surface area contributed by atoms with Gasteiger partial charge in [-0.3, -0.25) is 14.4 Å². The van der Waals surface area contributed by atoms with Crippen molar-refractivity contribution in [1.29, 1.82) is 0 Å². The van der Waals surface area contributed by atoms with E-state index in [0.717, 1.165) is 22.9 Å². The molecule has 3 aromatic carbocycles. The molecule has 2 aliphatic rings. The van der Waals surface area contributed by atoms with Crippen LogP contribution in [0.1, 0.15) is 33.8 Å². The van der Waals surface area contributed by atoms with E-state index in [0.29, 0.717) is 12.0 Å². The Morgan fingerprint density at radius 2 is 1.34 bits per heavy atom. The topological polar surface area (TPSA) is 51.2 Å². The van der Waals surface area contributed by atoms with Gasteiger partial charge in [-0.15, -0.1) is 0 Å². The molecule has 1 saturated carbocycles. The first kappa shape index (κ1) is 18.1. The number of carbonyl (C=O) groups is 3. The summed E-state index contributed by atoms with van der Waals surface area (Å²) in [6.45, 7) is 0. The highest BCUT2D eigenvalue weighted by atomic mass is 32.2. The standard InChI is InChI=1S/C25H18O3S/c26-21(18-12-6-2-7-13-18)24-16-20(17-10-4-1-5-11-17)25(24,29-23(28)22(24)27)19-14-8-3-9-15-19/h1-15,20H,16H2/t20-,24-,25-/m1/s1. The van der Waals surface area contributed by atoms with Gasteiger partial charge in [0, 0.05) is 11.5 Å². The van der Waals surface area contributed by atoms with Crippen LogP contribution >= 0.6 is 11.8 Å². The molecule has 0 amide bonds. The van der Waals surface area contributed by atoms with Crippen LogP contribution in [0.3, 0.4) is 0 Å². The molecule has 0 unspecified atom stereocenters. The van der Waals surface area contributed by atoms with Gasteiger partial charge in [0.25, 0.3) is 5.12 Å². The van der Waals surface area contributed by atoms with E-state index in [1.165, 1.54) is 0 Å². The van der Waals surface area contributed by atoms with Gasteiger partial charge in [0.05, 0.1) is 4.75 Å². The number of ketones is 2. The lowest BCUT2D eigenvalue weighted by molar-refractivity contribution is -0.140. The van der Waals surface area contributed by atoms with E-state index in [2.05, 4.69) is 0 Å². The number of rotatable bonds is 4. The third-order valence-corrected chi connectivity index (χ3v) is 7.85. The summed E-state index contributed by atoms with van der Waals surface area (Å²) in [7, 11) is 0. The molecule has 0 radical (unpaired) electrons. The van der Waals surface area contributed by atoms with Crippen LogP contribution in [0, 0.1) is 5.41 Å². The van der Waals surface area contributed by atoms with Crippen LogP contribution in [0.2, 0.25) is 0 Å². The highest BCUT2D eigenvalue weighted by Gasteiger charge is 2.79. The zero-order chi connectivity index (χ0) is 20.1. The van der Waals surface area contributed by atoms with Crippen molar-refractivity contribution in [1.82, 2.24) is 0 Å². The average Bonchev–Trinajstić information content (AvgIpc) is 2.94. The molecular formula is C25H18O3S. The molecule has 0 spiro atoms. The van der Waals surface area contributed by atoms with Crippen LogP contribution in [0.25, 0.3) is 0 Å². The van der Waals surface area contributed by atoms with Crippen LogP contribution < -0.4 is 0 Å². The molecule has 1 saturated heterocycles. The summed E-state index contributed by atoms with van der Waals surface area (Å²) in [5.41, 5.74) is 1.01. The van der Waals surface area contributed by atoms with Crippen LogP contribution in [0.4, 0.5) is 0 Å². The molecule has 3 atom stereocenters. The number of thioether (sulfide) groups is 1. The quantitative estimate of drug-likeness (QED) is 0.360. The molecule has 2 fully saturated rings. The first-order chi connectivity index (χ1) is 14.1. The van der Waals surface area contributed by atoms with Crippen molar-refractivity contribution in [3.8, 4) is 0 Å². The minimum absolute atomic E-state index is 0.0980. The Morgan fingerprint density at radius 3 is 1.97 bits per heavy atom. The Morgan fingerprint density at radius 1 is 0.793 bits per heavy atom. The number of hydrogen-bond donors (Lipinski definition) is 0. The van der Waals surface area contributed by atoms with E-state index < -0.39 is 21.1 Å². The Balaban J connectivity index is 1.75. The van der Waals surface area contributed by atoms with E-state index in [9.17, 15) is 14.4 Å². The van der Waals surface area contributed by atoms with E-state index in [-0.39, 0.29) is 11.7 Å². The fourth-order valence-corrected chi connectivity index (χ4v) is 6.60. The summed E-state index contributed by atoms with van der Waals surface area (Å²) < 4.78 is -0.920. The van der Waals surface area contributed by atoms with Crippen LogP contribution in [-0.4, -0.2) is 16.7 Å². The largest absolute Gasteiger partial charge is 0.293 e. The molecule has 3 nitrogen and oxygen atoms in total. The molecule has 1 aliphatic heterocycles. The van der Waals surface area contributed by atoms with E-state index >= 15 is 0 Å². The molecule has 0 bridgehead atoms. The summed E-state index contributed by atoms with van der Waals surface area (Å²) in [4.78, 5) is 39.8. The zero-order valence-corrected chi connectivity index (χ0v) is 16.4. The van der Waals surface area contributed by atoms with E-state index in [1.807, 2.05) is 66.7 Å². The molecule has 0 aromatic heterocycles. The van der Waals surface area contributed by atoms with Gasteiger partial charge < -0.3 is 0 Å². The number of Topliss-reactive ketones (excluding diaryl/α,β-unsaturated/α-hetero) is 2. The summed E-state index contributed by atoms with van der Waals surface area (Å²) in [5, 5.41) is -0.517. The fraction of sp³-hybridized carbons (Fsp3) is 0.160. The molecule has 1 aliphatic carbocycles. The van der Waals surface area contributed by atoms with Crippen molar-refractivity contribution in [3.63, 3.8) is 0 Å². The molecular weight excluding hydrogens is 380 g/mol. The van der Waals surface area contributed by atoms with Crippen molar-refractivity contribution in [2.45, 2.75) is 17.1 Å². The van der Waals surface area contributed by atoms with Gasteiger partial charge in [0.15, 0.2) is 5.78 Å². The van der Waals surface area contributed by atoms with Gasteiger partial charge in [-0.1, -0.05) is 103 Å². The predicted octanol–water partition coefficient (Wildman–Crippen LogP) is 4.78. The van der Waals surface area contributed by atoms with Gasteiger partial charge in [0.2, 0.25) is 5.78 Å². The van der Waals surface area contributed by atoms with E-state index in [4.69, 9.17) is 0 Å². The lowest BCUT2D eigenvalue weighted by atomic mass is 9.46. The second-order valence-electron chi connectivity index (χ2n) is 7.59. The van der Waals surface area contributed by atoms with Crippen molar-refractivity contribution in [3.05, 3.63) is 108 Å². The van der Waals surface area contributed by atoms with Crippen molar-refractivity contribution < 1.29 is 14.4 Å². The van der Waals surface area contributed by atoms with Crippen molar-refractivity contribution in [2.24, 2.45) is 5.41 Å². The summed E-state index contributed by atoms with van der Waals surface area (Å²) >= 11 is 1.04. The lowest BCUT2D eigenvalue weighted by Crippen LogP contribution is -2.62. The third kappa shape index (κ3) is 2.29. The van der Waals surface area contributed by atoms with Gasteiger partial charge in [-0.25, -0.2) is 0 Å². The second-order valence-corrected chi connectivity index (χ2v) is 8.81. The highest BCUT2D eigenvalue weighted by molar-refractivity contribution is 8.17. The molecule has 5 rings (SSSR count). The van der Waals surface area contributed by atoms with Crippen molar-refractivity contribution in [2.75, 3.05) is 0 Å². The summed E-state index contributed by atoms with van der Waals surface area (Å²) in [6.07, 6.45) is 0.344. The lowest BCUT2D eigenvalue weighted by Gasteiger charge is -2.58. The third-order valence-electron chi connectivity index (χ3n) is 6.29. The monoisotopic (exact) mass is 398 g/mol. The summed E-state index contributed by atoms with van der Waals surface area (Å²) in [5.74, 6) is -0.913. The van der Waals surface area contributed by atoms with Gasteiger partial charge in [-0.2, -0.15) is 0 Å². The van der Waals surface area contributed by atoms with Gasteiger partial charge in [-0.05, 0) is 17.5 Å². The van der Waals surface area contributed by atoms with Crippen molar-refractivity contribution >= 4 is 28.4 Å². The Kier molecular flexibility index (Phi) is 4.07. The van der Waals surface area contributed by atoms with Gasteiger partial charge >= 0.3 is 0 Å². The Hall–Kier alpha value is -2.98. The number of benzene rings is 3. The normalized spacial score (nSPS) is 27.9. The molecule has 3 aromatic rings. The molecule has 4 heteroatoms. The van der Waals surface area contributed by atoms with Gasteiger partial charge in [0.1, 0.15) is 5.41 Å². The number of fused-ring (bicyclic) bond motifs is 1. The molecule has 0 N–H and O–H groups in total.